The van der Waals surface area contributed by atoms with Crippen LogP contribution in [0.1, 0.15) is 15.9 Å². The summed E-state index contributed by atoms with van der Waals surface area (Å²) in [5, 5.41) is 0.617. The van der Waals surface area contributed by atoms with Crippen molar-refractivity contribution in [2.75, 3.05) is 0 Å². The van der Waals surface area contributed by atoms with Crippen molar-refractivity contribution in [2.24, 2.45) is 0 Å². The Labute approximate surface area is 141 Å². The fraction of sp³-hybridized carbons (Fsp3) is 0.0667. The summed E-state index contributed by atoms with van der Waals surface area (Å²) in [6.45, 7) is 0. The summed E-state index contributed by atoms with van der Waals surface area (Å²) in [6, 6.07) is 14.1. The zero-order chi connectivity index (χ0) is 15.2. The quantitative estimate of drug-likeness (QED) is 0.599. The van der Waals surface area contributed by atoms with Gasteiger partial charge in [-0.3, -0.25) is 20.4 Å². The minimum absolute atomic E-state index is 0.170. The minimum Gasteiger partial charge on any atom is -0.273 e. The van der Waals surface area contributed by atoms with Crippen LogP contribution in [0.2, 0.25) is 5.02 Å². The normalized spacial score (nSPS) is 10.0. The van der Waals surface area contributed by atoms with Crippen LogP contribution < -0.4 is 10.9 Å². The second-order valence-electron chi connectivity index (χ2n) is 4.29. The molecule has 0 saturated heterocycles. The van der Waals surface area contributed by atoms with E-state index in [0.29, 0.717) is 10.6 Å². The number of carbonyl (C=O) groups is 2. The van der Waals surface area contributed by atoms with Gasteiger partial charge in [0.1, 0.15) is 0 Å². The number of hydrogen-bond acceptors (Lipinski definition) is 2. The van der Waals surface area contributed by atoms with Gasteiger partial charge in [0.25, 0.3) is 5.91 Å². The SMILES string of the molecule is O=C(Cc1ccc(Cl)cc1)NNC(=O)c1ccccc1I. The fourth-order valence-electron chi connectivity index (χ4n) is 1.67. The highest BCUT2D eigenvalue weighted by molar-refractivity contribution is 14.1. The van der Waals surface area contributed by atoms with Gasteiger partial charge in [-0.1, -0.05) is 35.9 Å². The van der Waals surface area contributed by atoms with E-state index < -0.39 is 0 Å². The van der Waals surface area contributed by atoms with Crippen LogP contribution in [-0.2, 0) is 11.2 Å². The van der Waals surface area contributed by atoms with E-state index in [0.717, 1.165) is 9.13 Å². The van der Waals surface area contributed by atoms with Gasteiger partial charge in [-0.05, 0) is 52.4 Å². The first kappa shape index (κ1) is 15.8. The number of hydrogen-bond donors (Lipinski definition) is 2. The maximum Gasteiger partial charge on any atom is 0.270 e. The molecule has 0 unspecified atom stereocenters. The number of amides is 2. The molecule has 0 atom stereocenters. The van der Waals surface area contributed by atoms with Crippen LogP contribution in [0.25, 0.3) is 0 Å². The van der Waals surface area contributed by atoms with Gasteiger partial charge in [0.15, 0.2) is 0 Å². The first-order valence-corrected chi connectivity index (χ1v) is 7.60. The van der Waals surface area contributed by atoms with Gasteiger partial charge < -0.3 is 0 Å². The highest BCUT2D eigenvalue weighted by Gasteiger charge is 2.10. The maximum absolute atomic E-state index is 11.9. The molecule has 0 radical (unpaired) electrons. The Morgan fingerprint density at radius 2 is 1.67 bits per heavy atom. The number of carbonyl (C=O) groups excluding carboxylic acids is 2. The van der Waals surface area contributed by atoms with E-state index >= 15 is 0 Å². The lowest BCUT2D eigenvalue weighted by Crippen LogP contribution is -2.42. The van der Waals surface area contributed by atoms with Crippen molar-refractivity contribution >= 4 is 46.0 Å². The smallest absolute Gasteiger partial charge is 0.270 e. The second kappa shape index (κ2) is 7.42. The Kier molecular flexibility index (Phi) is 5.58. The number of nitrogens with one attached hydrogen (secondary N) is 2. The standard InChI is InChI=1S/C15H12ClIN2O2/c16-11-7-5-10(6-8-11)9-14(20)18-19-15(21)12-3-1-2-4-13(12)17/h1-8H,9H2,(H,18,20)(H,19,21). The number of rotatable bonds is 3. The third-order valence-corrected chi connectivity index (χ3v) is 3.90. The predicted octanol–water partition coefficient (Wildman–Crippen LogP) is 2.95. The lowest BCUT2D eigenvalue weighted by Gasteiger charge is -2.08. The molecule has 108 valence electrons. The zero-order valence-corrected chi connectivity index (χ0v) is 13.8. The summed E-state index contributed by atoms with van der Waals surface area (Å²) >= 11 is 7.84. The maximum atomic E-state index is 11.9. The molecule has 2 amide bonds. The van der Waals surface area contributed by atoms with Crippen LogP contribution in [0.15, 0.2) is 48.5 Å². The first-order valence-electron chi connectivity index (χ1n) is 6.14. The van der Waals surface area contributed by atoms with Crippen LogP contribution in [0.5, 0.6) is 0 Å². The van der Waals surface area contributed by atoms with Crippen LogP contribution in [0.3, 0.4) is 0 Å². The Balaban J connectivity index is 1.88. The molecule has 2 rings (SSSR count). The summed E-state index contributed by atoms with van der Waals surface area (Å²) in [5.41, 5.74) is 6.14. The first-order chi connectivity index (χ1) is 10.1. The third kappa shape index (κ3) is 4.71. The van der Waals surface area contributed by atoms with Crippen LogP contribution in [0.4, 0.5) is 0 Å². The number of halogens is 2. The average molecular weight is 415 g/mol. The molecule has 0 aromatic heterocycles. The van der Waals surface area contributed by atoms with E-state index in [-0.39, 0.29) is 18.2 Å². The summed E-state index contributed by atoms with van der Waals surface area (Å²) < 4.78 is 0.819. The van der Waals surface area contributed by atoms with Crippen molar-refractivity contribution in [1.29, 1.82) is 0 Å². The third-order valence-electron chi connectivity index (χ3n) is 2.71. The van der Waals surface area contributed by atoms with E-state index in [9.17, 15) is 9.59 Å². The summed E-state index contributed by atoms with van der Waals surface area (Å²) in [5.74, 6) is -0.638. The molecule has 2 aromatic carbocycles. The molecule has 2 N–H and O–H groups in total. The van der Waals surface area contributed by atoms with E-state index in [1.165, 1.54) is 0 Å². The second-order valence-corrected chi connectivity index (χ2v) is 5.88. The molecule has 0 spiro atoms. The molecule has 0 saturated carbocycles. The largest absolute Gasteiger partial charge is 0.273 e. The average Bonchev–Trinajstić information content (AvgIpc) is 2.48. The Morgan fingerprint density at radius 3 is 2.33 bits per heavy atom. The van der Waals surface area contributed by atoms with Crippen LogP contribution in [-0.4, -0.2) is 11.8 Å². The predicted molar refractivity (Wildman–Crippen MR) is 89.9 cm³/mol. The summed E-state index contributed by atoms with van der Waals surface area (Å²) in [6.07, 6.45) is 0.170. The van der Waals surface area contributed by atoms with E-state index in [2.05, 4.69) is 33.4 Å². The summed E-state index contributed by atoms with van der Waals surface area (Å²) in [4.78, 5) is 23.7. The Morgan fingerprint density at radius 1 is 1.00 bits per heavy atom. The van der Waals surface area contributed by atoms with Crippen LogP contribution in [0, 0.1) is 3.57 Å². The van der Waals surface area contributed by atoms with Gasteiger partial charge in [0.2, 0.25) is 5.91 Å². The van der Waals surface area contributed by atoms with E-state index in [4.69, 9.17) is 11.6 Å². The molecule has 0 aliphatic rings. The number of hydrazine groups is 1. The summed E-state index contributed by atoms with van der Waals surface area (Å²) in [7, 11) is 0. The van der Waals surface area contributed by atoms with E-state index in [1.54, 1.807) is 36.4 Å². The van der Waals surface area contributed by atoms with Crippen molar-refractivity contribution in [2.45, 2.75) is 6.42 Å². The lowest BCUT2D eigenvalue weighted by atomic mass is 10.1. The zero-order valence-electron chi connectivity index (χ0n) is 10.9. The minimum atomic E-state index is -0.343. The van der Waals surface area contributed by atoms with Crippen molar-refractivity contribution in [3.8, 4) is 0 Å². The molecule has 0 fully saturated rings. The van der Waals surface area contributed by atoms with Crippen molar-refractivity contribution < 1.29 is 9.59 Å². The van der Waals surface area contributed by atoms with Crippen LogP contribution >= 0.6 is 34.2 Å². The molecular formula is C15H12ClIN2O2. The molecule has 2 aromatic rings. The molecule has 0 aliphatic heterocycles. The number of benzene rings is 2. The van der Waals surface area contributed by atoms with Gasteiger partial charge in [-0.25, -0.2) is 0 Å². The van der Waals surface area contributed by atoms with Gasteiger partial charge in [0, 0.05) is 8.59 Å². The van der Waals surface area contributed by atoms with Crippen molar-refractivity contribution in [3.63, 3.8) is 0 Å². The lowest BCUT2D eigenvalue weighted by molar-refractivity contribution is -0.121. The highest BCUT2D eigenvalue weighted by Crippen LogP contribution is 2.11. The highest BCUT2D eigenvalue weighted by atomic mass is 127. The molecular weight excluding hydrogens is 403 g/mol. The molecule has 0 bridgehead atoms. The molecule has 6 heteroatoms. The fourth-order valence-corrected chi connectivity index (χ4v) is 2.43. The van der Waals surface area contributed by atoms with Crippen molar-refractivity contribution in [1.82, 2.24) is 10.9 Å². The topological polar surface area (TPSA) is 58.2 Å². The van der Waals surface area contributed by atoms with Gasteiger partial charge >= 0.3 is 0 Å². The van der Waals surface area contributed by atoms with Crippen molar-refractivity contribution in [3.05, 3.63) is 68.3 Å². The monoisotopic (exact) mass is 414 g/mol. The van der Waals surface area contributed by atoms with Gasteiger partial charge in [0.05, 0.1) is 12.0 Å². The van der Waals surface area contributed by atoms with Gasteiger partial charge in [-0.15, -0.1) is 0 Å². The van der Waals surface area contributed by atoms with E-state index in [1.807, 2.05) is 12.1 Å². The molecule has 0 aliphatic carbocycles. The molecule has 4 nitrogen and oxygen atoms in total. The Bertz CT molecular complexity index is 659. The molecule has 21 heavy (non-hydrogen) atoms. The molecule has 0 heterocycles. The van der Waals surface area contributed by atoms with Gasteiger partial charge in [-0.2, -0.15) is 0 Å². The Hall–Kier alpha value is -1.60.